The predicted molar refractivity (Wildman–Crippen MR) is 86.1 cm³/mol. The van der Waals surface area contributed by atoms with Crippen LogP contribution in [0.4, 0.5) is 0 Å². The van der Waals surface area contributed by atoms with Crippen LogP contribution in [0.2, 0.25) is 0 Å². The summed E-state index contributed by atoms with van der Waals surface area (Å²) >= 11 is 0. The first kappa shape index (κ1) is 42.8. The van der Waals surface area contributed by atoms with Gasteiger partial charge in [-0.05, 0) is 0 Å². The van der Waals surface area contributed by atoms with E-state index < -0.39 is 17.3 Å². The summed E-state index contributed by atoms with van der Waals surface area (Å²) in [6, 6.07) is 0. The van der Waals surface area contributed by atoms with Crippen LogP contribution in [0.25, 0.3) is 0 Å². The molecular formula is H18Cl10N4ORu2. The average Bonchev–Trinajstić information content (AvgIpc) is 1.02. The zero-order chi connectivity index (χ0) is 10.9. The molecule has 5 nitrogen and oxygen atoms in total. The van der Waals surface area contributed by atoms with Gasteiger partial charge in [-0.2, -0.15) is 0 Å². The summed E-state index contributed by atoms with van der Waals surface area (Å²) < 4.78 is 0. The average molecular weight is 647 g/mol. The third-order valence-electron chi connectivity index (χ3n) is 0. The molecule has 0 aromatic heterocycles. The van der Waals surface area contributed by atoms with Crippen LogP contribution in [-0.4, -0.2) is 5.48 Å². The Bertz CT molecular complexity index is 113. The van der Waals surface area contributed by atoms with Crippen molar-refractivity contribution in [2.45, 2.75) is 0 Å². The van der Waals surface area contributed by atoms with Crippen molar-refractivity contribution in [3.63, 3.8) is 0 Å². The zero-order valence-corrected chi connectivity index (χ0v) is 20.0. The Morgan fingerprint density at radius 3 is 0.353 bits per heavy atom. The molecule has 0 saturated carbocycles. The molecule has 18 N–H and O–H groups in total. The van der Waals surface area contributed by atoms with Gasteiger partial charge >= 0.3 is 114 Å². The van der Waals surface area contributed by atoms with E-state index in [-0.39, 0.29) is 30.1 Å². The van der Waals surface area contributed by atoms with E-state index in [0.717, 1.165) is 0 Å². The number of rotatable bonds is 0. The van der Waals surface area contributed by atoms with E-state index >= 15 is 0 Å². The Labute approximate surface area is 142 Å². The van der Waals surface area contributed by atoms with Crippen LogP contribution in [-0.2, 0) is 17.3 Å². The summed E-state index contributed by atoms with van der Waals surface area (Å²) in [4.78, 5) is 0. The van der Waals surface area contributed by atoms with E-state index in [4.69, 9.17) is 96.9 Å². The molecule has 0 rings (SSSR count). The van der Waals surface area contributed by atoms with Gasteiger partial charge < -0.3 is 30.1 Å². The SMILES string of the molecule is O.[Cl][Ru-2]([Cl])([Cl])([Cl])[Cl].[Cl][Ru-2]([Cl])([Cl])([Cl])[Cl].[NH4+].[NH4+].[NH4+].[NH4+]. The molecule has 0 bridgehead atoms. The summed E-state index contributed by atoms with van der Waals surface area (Å²) in [7, 11) is 42.0. The Hall–Kier alpha value is 3.95. The fourth-order valence-electron chi connectivity index (χ4n) is 0. The Morgan fingerprint density at radius 1 is 0.353 bits per heavy atom. The van der Waals surface area contributed by atoms with Crippen LogP contribution in [0.5, 0.6) is 0 Å². The van der Waals surface area contributed by atoms with Gasteiger partial charge in [0.25, 0.3) is 0 Å². The molecule has 0 spiro atoms. The summed E-state index contributed by atoms with van der Waals surface area (Å²) in [5.41, 5.74) is 0. The van der Waals surface area contributed by atoms with Crippen molar-refractivity contribution >= 4 is 96.9 Å². The van der Waals surface area contributed by atoms with Gasteiger partial charge in [-0.25, -0.2) is 0 Å². The maximum absolute atomic E-state index is 5.02. The van der Waals surface area contributed by atoms with Crippen molar-refractivity contribution in [1.82, 2.24) is 24.6 Å². The van der Waals surface area contributed by atoms with Crippen molar-refractivity contribution in [2.24, 2.45) is 0 Å². The minimum Gasteiger partial charge on any atom is -0.369 e. The Kier molecular flexibility index (Phi) is 31.5. The molecule has 0 aromatic carbocycles. The van der Waals surface area contributed by atoms with E-state index in [1.54, 1.807) is 0 Å². The van der Waals surface area contributed by atoms with E-state index in [0.29, 0.717) is 0 Å². The monoisotopic (exact) mass is 644 g/mol. The first-order valence-corrected chi connectivity index (χ1v) is 23.7. The molecule has 0 aliphatic heterocycles. The summed E-state index contributed by atoms with van der Waals surface area (Å²) in [5.74, 6) is 0. The smallest absolute Gasteiger partial charge is 0.369 e. The Morgan fingerprint density at radius 2 is 0.353 bits per heavy atom. The largest absolute Gasteiger partial charge is 0.369 e. The first-order valence-electron chi connectivity index (χ1n) is 1.34. The fourth-order valence-corrected chi connectivity index (χ4v) is 0. The maximum atomic E-state index is 5.02. The second-order valence-electron chi connectivity index (χ2n) is 1.01. The van der Waals surface area contributed by atoms with Crippen LogP contribution in [0.1, 0.15) is 0 Å². The molecule has 17 heteroatoms. The van der Waals surface area contributed by atoms with Gasteiger partial charge in [-0.15, -0.1) is 0 Å². The molecular weight excluding hydrogens is 629 g/mol. The molecule has 17 heavy (non-hydrogen) atoms. The van der Waals surface area contributed by atoms with Crippen LogP contribution < -0.4 is 24.6 Å². The van der Waals surface area contributed by atoms with Crippen LogP contribution >= 0.6 is 96.9 Å². The zero-order valence-electron chi connectivity index (χ0n) is 8.99. The fraction of sp³-hybridized carbons (Fsp3) is 0. The summed E-state index contributed by atoms with van der Waals surface area (Å²) in [6.07, 6.45) is 0. The van der Waals surface area contributed by atoms with Crippen LogP contribution in [0.3, 0.4) is 0 Å². The topological polar surface area (TPSA) is 178 Å². The van der Waals surface area contributed by atoms with Crippen molar-refractivity contribution in [3.8, 4) is 0 Å². The number of hydrogen-bond donors (Lipinski definition) is 4. The molecule has 0 fully saturated rings. The van der Waals surface area contributed by atoms with Crippen molar-refractivity contribution in [3.05, 3.63) is 0 Å². The van der Waals surface area contributed by atoms with E-state index in [1.165, 1.54) is 0 Å². The van der Waals surface area contributed by atoms with E-state index in [2.05, 4.69) is 0 Å². The van der Waals surface area contributed by atoms with Gasteiger partial charge in [0.15, 0.2) is 0 Å². The first-order chi connectivity index (χ1) is 4.47. The molecule has 0 heterocycles. The van der Waals surface area contributed by atoms with E-state index in [1.807, 2.05) is 0 Å². The van der Waals surface area contributed by atoms with Crippen LogP contribution in [0, 0.1) is 0 Å². The molecule has 0 aliphatic carbocycles. The molecule has 0 aliphatic rings. The molecule has 0 saturated heterocycles. The van der Waals surface area contributed by atoms with Crippen LogP contribution in [0.15, 0.2) is 0 Å². The van der Waals surface area contributed by atoms with Gasteiger partial charge in [0.05, 0.1) is 0 Å². The van der Waals surface area contributed by atoms with Gasteiger partial charge in [-0.1, -0.05) is 0 Å². The third-order valence-corrected chi connectivity index (χ3v) is 0. The molecule has 0 unspecified atom stereocenters. The molecule has 0 amide bonds. The summed E-state index contributed by atoms with van der Waals surface area (Å²) in [6.45, 7) is 0. The predicted octanol–water partition coefficient (Wildman–Crippen LogP) is 7.57. The van der Waals surface area contributed by atoms with Gasteiger partial charge in [0.2, 0.25) is 0 Å². The molecule has 0 atom stereocenters. The van der Waals surface area contributed by atoms with Crippen molar-refractivity contribution in [1.29, 1.82) is 0 Å². The second-order valence-corrected chi connectivity index (χ2v) is 53.8. The minimum atomic E-state index is -4.11. The van der Waals surface area contributed by atoms with Gasteiger partial charge in [0, 0.05) is 0 Å². The molecule has 0 radical (unpaired) electrons. The van der Waals surface area contributed by atoms with Crippen molar-refractivity contribution in [2.75, 3.05) is 0 Å². The number of quaternary nitrogens is 4. The molecule has 130 valence electrons. The quantitative estimate of drug-likeness (QED) is 0.190. The minimum absolute atomic E-state index is 0. The summed E-state index contributed by atoms with van der Waals surface area (Å²) in [5, 5.41) is 0. The number of halogens is 10. The van der Waals surface area contributed by atoms with Crippen molar-refractivity contribution < 1.29 is 22.8 Å². The third kappa shape index (κ3) is 412. The Balaban J connectivity index is -0.0000000182. The maximum Gasteiger partial charge on any atom is -0.369 e. The second kappa shape index (κ2) is 12.5. The van der Waals surface area contributed by atoms with Gasteiger partial charge in [0.1, 0.15) is 0 Å². The normalized spacial score (nSPS) is 13.5. The molecule has 0 aromatic rings. The van der Waals surface area contributed by atoms with E-state index in [9.17, 15) is 0 Å². The standard InChI is InChI=1S/10ClH.4H3N.H2O.2Ru/h10*1H;4*1H3;1H2;;/q;;;;;;;;;;;;;;;2*+3/p-6. The van der Waals surface area contributed by atoms with Gasteiger partial charge in [-0.3, -0.25) is 0 Å². The number of hydrogen-bond acceptors (Lipinski definition) is 0.